The van der Waals surface area contributed by atoms with Crippen molar-refractivity contribution in [2.24, 2.45) is 0 Å². The van der Waals surface area contributed by atoms with E-state index in [1.807, 2.05) is 0 Å². The highest BCUT2D eigenvalue weighted by Crippen LogP contribution is 2.17. The Balaban J connectivity index is 1.92. The molecular weight excluding hydrogens is 235 g/mol. The van der Waals surface area contributed by atoms with Crippen LogP contribution in [0.25, 0.3) is 0 Å². The number of hydrogen-bond acceptors (Lipinski definition) is 4. The minimum atomic E-state index is -0.224. The second kappa shape index (κ2) is 6.13. The summed E-state index contributed by atoms with van der Waals surface area (Å²) in [5, 5.41) is 18.3. The molecule has 1 aliphatic rings. The average Bonchev–Trinajstić information content (AvgIpc) is 2.42. The van der Waals surface area contributed by atoms with E-state index in [-0.39, 0.29) is 25.1 Å². The molecule has 0 amide bonds. The Bertz CT molecular complexity index is 360. The van der Waals surface area contributed by atoms with E-state index < -0.39 is 0 Å². The maximum absolute atomic E-state index is 12.8. The van der Waals surface area contributed by atoms with Crippen LogP contribution < -0.4 is 4.90 Å². The van der Waals surface area contributed by atoms with Crippen LogP contribution in [0.4, 0.5) is 10.1 Å². The van der Waals surface area contributed by atoms with Crippen molar-refractivity contribution < 1.29 is 14.6 Å². The molecule has 2 rings (SSSR count). The molecule has 0 aromatic heterocycles. The molecule has 1 aliphatic heterocycles. The number of hydrogen-bond donors (Lipinski definition) is 2. The number of benzene rings is 1. The average molecular weight is 254 g/mol. The van der Waals surface area contributed by atoms with E-state index in [1.165, 1.54) is 12.1 Å². The van der Waals surface area contributed by atoms with Gasteiger partial charge in [0, 0.05) is 31.9 Å². The van der Waals surface area contributed by atoms with Crippen LogP contribution in [-0.4, -0.2) is 60.5 Å². The zero-order valence-corrected chi connectivity index (χ0v) is 10.3. The Morgan fingerprint density at radius 2 is 1.56 bits per heavy atom. The molecule has 5 heteroatoms. The third-order valence-electron chi connectivity index (χ3n) is 3.44. The van der Waals surface area contributed by atoms with Crippen LogP contribution in [0, 0.1) is 5.82 Å². The van der Waals surface area contributed by atoms with Crippen LogP contribution in [0.3, 0.4) is 0 Å². The van der Waals surface area contributed by atoms with E-state index in [4.69, 9.17) is 10.2 Å². The molecule has 0 saturated carbocycles. The Morgan fingerprint density at radius 3 is 2.06 bits per heavy atom. The van der Waals surface area contributed by atoms with Gasteiger partial charge in [-0.15, -0.1) is 0 Å². The van der Waals surface area contributed by atoms with E-state index >= 15 is 0 Å². The molecule has 0 radical (unpaired) electrons. The highest BCUT2D eigenvalue weighted by Gasteiger charge is 2.22. The summed E-state index contributed by atoms with van der Waals surface area (Å²) in [7, 11) is 0. The summed E-state index contributed by atoms with van der Waals surface area (Å²) in [5.41, 5.74) is 1.01. The first-order valence-electron chi connectivity index (χ1n) is 6.21. The summed E-state index contributed by atoms with van der Waals surface area (Å²) in [6.45, 7) is 3.19. The predicted octanol–water partition coefficient (Wildman–Crippen LogP) is 0.301. The van der Waals surface area contributed by atoms with Gasteiger partial charge in [0.2, 0.25) is 0 Å². The van der Waals surface area contributed by atoms with Gasteiger partial charge in [0.05, 0.1) is 19.3 Å². The molecule has 1 fully saturated rings. The maximum atomic E-state index is 12.8. The lowest BCUT2D eigenvalue weighted by Crippen LogP contribution is -2.52. The summed E-state index contributed by atoms with van der Waals surface area (Å²) < 4.78 is 12.8. The quantitative estimate of drug-likeness (QED) is 0.811. The van der Waals surface area contributed by atoms with Crippen molar-refractivity contribution in [3.63, 3.8) is 0 Å². The van der Waals surface area contributed by atoms with Crippen molar-refractivity contribution in [1.82, 2.24) is 4.90 Å². The van der Waals surface area contributed by atoms with Crippen LogP contribution in [0.15, 0.2) is 24.3 Å². The van der Waals surface area contributed by atoms with Gasteiger partial charge in [0.25, 0.3) is 0 Å². The van der Waals surface area contributed by atoms with Crippen LogP contribution in [-0.2, 0) is 0 Å². The first-order valence-corrected chi connectivity index (χ1v) is 6.21. The SMILES string of the molecule is OCC(CO)N1CCN(c2ccc(F)cc2)CC1. The molecule has 0 spiro atoms. The summed E-state index contributed by atoms with van der Waals surface area (Å²) in [6, 6.07) is 6.32. The Labute approximate surface area is 106 Å². The molecule has 1 aromatic carbocycles. The number of aliphatic hydroxyl groups excluding tert-OH is 2. The molecule has 1 aromatic rings. The summed E-state index contributed by atoms with van der Waals surface area (Å²) in [4.78, 5) is 4.27. The third-order valence-corrected chi connectivity index (χ3v) is 3.44. The van der Waals surface area contributed by atoms with E-state index in [2.05, 4.69) is 9.80 Å². The minimum absolute atomic E-state index is 0.0208. The number of rotatable bonds is 4. The van der Waals surface area contributed by atoms with E-state index in [9.17, 15) is 4.39 Å². The molecule has 0 unspecified atom stereocenters. The van der Waals surface area contributed by atoms with E-state index in [1.54, 1.807) is 12.1 Å². The van der Waals surface area contributed by atoms with Crippen LogP contribution in [0.1, 0.15) is 0 Å². The van der Waals surface area contributed by atoms with Crippen LogP contribution in [0.5, 0.6) is 0 Å². The number of nitrogens with zero attached hydrogens (tertiary/aromatic N) is 2. The third kappa shape index (κ3) is 2.98. The predicted molar refractivity (Wildman–Crippen MR) is 68.1 cm³/mol. The highest BCUT2D eigenvalue weighted by molar-refractivity contribution is 5.46. The van der Waals surface area contributed by atoms with Crippen molar-refractivity contribution in [2.75, 3.05) is 44.3 Å². The smallest absolute Gasteiger partial charge is 0.123 e. The van der Waals surface area contributed by atoms with Crippen molar-refractivity contribution in [3.05, 3.63) is 30.1 Å². The van der Waals surface area contributed by atoms with Gasteiger partial charge in [0.15, 0.2) is 0 Å². The Kier molecular flexibility index (Phi) is 4.52. The van der Waals surface area contributed by atoms with Crippen LogP contribution in [0.2, 0.25) is 0 Å². The fourth-order valence-electron chi connectivity index (χ4n) is 2.29. The fraction of sp³-hybridized carbons (Fsp3) is 0.538. The standard InChI is InChI=1S/C13H19FN2O2/c14-11-1-3-12(4-2-11)15-5-7-16(8-6-15)13(9-17)10-18/h1-4,13,17-18H,5-10H2. The van der Waals surface area contributed by atoms with E-state index in [0.29, 0.717) is 0 Å². The molecule has 100 valence electrons. The molecule has 0 bridgehead atoms. The fourth-order valence-corrected chi connectivity index (χ4v) is 2.29. The molecule has 0 aliphatic carbocycles. The number of piperazine rings is 1. The van der Waals surface area contributed by atoms with Gasteiger partial charge < -0.3 is 15.1 Å². The van der Waals surface area contributed by atoms with Gasteiger partial charge in [-0.1, -0.05) is 0 Å². The second-order valence-corrected chi connectivity index (χ2v) is 4.52. The van der Waals surface area contributed by atoms with E-state index in [0.717, 1.165) is 31.9 Å². The molecule has 4 nitrogen and oxygen atoms in total. The summed E-state index contributed by atoms with van der Waals surface area (Å²) in [5.74, 6) is -0.224. The number of halogens is 1. The van der Waals surface area contributed by atoms with Crippen LogP contribution >= 0.6 is 0 Å². The van der Waals surface area contributed by atoms with Gasteiger partial charge >= 0.3 is 0 Å². The lowest BCUT2D eigenvalue weighted by Gasteiger charge is -2.39. The number of aliphatic hydroxyl groups is 2. The number of anilines is 1. The largest absolute Gasteiger partial charge is 0.395 e. The molecule has 18 heavy (non-hydrogen) atoms. The summed E-state index contributed by atoms with van der Waals surface area (Å²) in [6.07, 6.45) is 0. The highest BCUT2D eigenvalue weighted by atomic mass is 19.1. The van der Waals surface area contributed by atoms with Gasteiger partial charge in [0.1, 0.15) is 5.82 Å². The lowest BCUT2D eigenvalue weighted by molar-refractivity contribution is 0.0700. The Morgan fingerprint density at radius 1 is 1.00 bits per heavy atom. The van der Waals surface area contributed by atoms with Crippen molar-refractivity contribution >= 4 is 5.69 Å². The normalized spacial score (nSPS) is 17.4. The zero-order chi connectivity index (χ0) is 13.0. The Hall–Kier alpha value is -1.17. The molecule has 2 N–H and O–H groups in total. The lowest BCUT2D eigenvalue weighted by atomic mass is 10.2. The minimum Gasteiger partial charge on any atom is -0.395 e. The molecule has 1 heterocycles. The van der Waals surface area contributed by atoms with Crippen molar-refractivity contribution in [2.45, 2.75) is 6.04 Å². The molecule has 0 atom stereocenters. The van der Waals surface area contributed by atoms with Gasteiger partial charge in [-0.05, 0) is 24.3 Å². The maximum Gasteiger partial charge on any atom is 0.123 e. The summed E-state index contributed by atoms with van der Waals surface area (Å²) >= 11 is 0. The first-order chi connectivity index (χ1) is 8.74. The van der Waals surface area contributed by atoms with Gasteiger partial charge in [-0.25, -0.2) is 4.39 Å². The molecule has 1 saturated heterocycles. The first kappa shape index (κ1) is 13.3. The molecular formula is C13H19FN2O2. The van der Waals surface area contributed by atoms with Crippen molar-refractivity contribution in [1.29, 1.82) is 0 Å². The van der Waals surface area contributed by atoms with Gasteiger partial charge in [-0.3, -0.25) is 4.90 Å². The topological polar surface area (TPSA) is 46.9 Å². The monoisotopic (exact) mass is 254 g/mol. The second-order valence-electron chi connectivity index (χ2n) is 4.52. The zero-order valence-electron chi connectivity index (χ0n) is 10.3. The van der Waals surface area contributed by atoms with Gasteiger partial charge in [-0.2, -0.15) is 0 Å². The van der Waals surface area contributed by atoms with Crippen molar-refractivity contribution in [3.8, 4) is 0 Å².